The fourth-order valence-corrected chi connectivity index (χ4v) is 1.51. The van der Waals surface area contributed by atoms with E-state index in [1.807, 2.05) is 0 Å². The van der Waals surface area contributed by atoms with E-state index in [2.05, 4.69) is 15.9 Å². The highest BCUT2D eigenvalue weighted by atomic mass is 79.9. The Balaban J connectivity index is 2.69. The predicted octanol–water partition coefficient (Wildman–Crippen LogP) is 3.73. The van der Waals surface area contributed by atoms with Crippen LogP contribution in [0.2, 0.25) is 5.02 Å². The summed E-state index contributed by atoms with van der Waals surface area (Å²) in [5.41, 5.74) is 0.0383. The fourth-order valence-electron chi connectivity index (χ4n) is 1.01. The van der Waals surface area contributed by atoms with Crippen LogP contribution in [0.3, 0.4) is 0 Å². The van der Waals surface area contributed by atoms with Crippen molar-refractivity contribution in [2.45, 2.75) is 12.3 Å². The van der Waals surface area contributed by atoms with E-state index >= 15 is 0 Å². The monoisotopic (exact) mass is 347 g/mol. The van der Waals surface area contributed by atoms with Crippen molar-refractivity contribution in [1.29, 1.82) is 0 Å². The number of carbonyl (C=O) groups excluding carboxylic acids is 1. The van der Waals surface area contributed by atoms with Crippen molar-refractivity contribution >= 4 is 33.4 Å². The predicted molar refractivity (Wildman–Crippen MR) is 62.4 cm³/mol. The minimum atomic E-state index is -4.25. The lowest BCUT2D eigenvalue weighted by Crippen LogP contribution is -2.41. The zero-order valence-corrected chi connectivity index (χ0v) is 11.0. The van der Waals surface area contributed by atoms with E-state index < -0.39 is 24.8 Å². The first kappa shape index (κ1) is 15.2. The molecule has 8 heteroatoms. The molecule has 1 rings (SSSR count). The van der Waals surface area contributed by atoms with E-state index in [1.165, 1.54) is 18.2 Å². The zero-order chi connectivity index (χ0) is 13.9. The van der Waals surface area contributed by atoms with Gasteiger partial charge in [0.05, 0.1) is 11.6 Å². The fraction of sp³-hybridized carbons (Fsp3) is 0.300. The molecule has 2 nitrogen and oxygen atoms in total. The van der Waals surface area contributed by atoms with Gasteiger partial charge in [-0.15, -0.1) is 0 Å². The smallest absolute Gasteiger partial charge is 0.324 e. The van der Waals surface area contributed by atoms with Gasteiger partial charge in [0.25, 0.3) is 5.91 Å². The van der Waals surface area contributed by atoms with E-state index in [9.17, 15) is 22.4 Å². The van der Waals surface area contributed by atoms with Gasteiger partial charge < -0.3 is 5.32 Å². The van der Waals surface area contributed by atoms with Crippen LogP contribution in [0.15, 0.2) is 22.7 Å². The van der Waals surface area contributed by atoms with E-state index in [4.69, 9.17) is 11.6 Å². The second-order valence-electron chi connectivity index (χ2n) is 3.37. The minimum absolute atomic E-state index is 0.0383. The van der Waals surface area contributed by atoms with Crippen molar-refractivity contribution in [1.82, 2.24) is 5.32 Å². The second kappa shape index (κ2) is 5.88. The zero-order valence-electron chi connectivity index (χ0n) is 8.69. The molecule has 18 heavy (non-hydrogen) atoms. The number of carbonyl (C=O) groups is 1. The van der Waals surface area contributed by atoms with Gasteiger partial charge in [0.15, 0.2) is 0 Å². The highest BCUT2D eigenvalue weighted by Crippen LogP contribution is 2.24. The molecule has 0 atom stereocenters. The number of benzene rings is 1. The Bertz CT molecular complexity index is 456. The van der Waals surface area contributed by atoms with Crippen LogP contribution < -0.4 is 5.32 Å². The number of nitrogens with one attached hydrogen (secondary N) is 1. The van der Waals surface area contributed by atoms with Crippen molar-refractivity contribution in [2.75, 3.05) is 6.54 Å². The molecule has 1 aromatic carbocycles. The van der Waals surface area contributed by atoms with E-state index in [0.29, 0.717) is 9.50 Å². The molecular weight excluding hydrogens is 341 g/mol. The average molecular weight is 349 g/mol. The maximum Gasteiger partial charge on any atom is 0.324 e. The summed E-state index contributed by atoms with van der Waals surface area (Å²) in [7, 11) is 0. The van der Waals surface area contributed by atoms with Gasteiger partial charge in [-0.25, -0.2) is 8.78 Å². The van der Waals surface area contributed by atoms with Crippen LogP contribution in [0, 0.1) is 0 Å². The number of rotatable bonds is 4. The molecule has 0 aliphatic rings. The first-order valence-corrected chi connectivity index (χ1v) is 5.80. The molecular formula is C10H7BrClF4NO. The van der Waals surface area contributed by atoms with Crippen molar-refractivity contribution in [3.63, 3.8) is 0 Å². The topological polar surface area (TPSA) is 29.1 Å². The molecule has 0 heterocycles. The lowest BCUT2D eigenvalue weighted by molar-refractivity contribution is -0.123. The summed E-state index contributed by atoms with van der Waals surface area (Å²) in [6.07, 6.45) is -3.82. The third-order valence-corrected chi connectivity index (χ3v) is 3.20. The SMILES string of the molecule is O=C(NCC(F)(F)C(F)F)c1ccc(Cl)c(Br)c1. The Morgan fingerprint density at radius 1 is 1.44 bits per heavy atom. The second-order valence-corrected chi connectivity index (χ2v) is 4.63. The number of halogens is 6. The molecule has 100 valence electrons. The molecule has 0 bridgehead atoms. The van der Waals surface area contributed by atoms with Crippen molar-refractivity contribution in [3.8, 4) is 0 Å². The number of amides is 1. The van der Waals surface area contributed by atoms with Crippen molar-refractivity contribution in [2.24, 2.45) is 0 Å². The van der Waals surface area contributed by atoms with Crippen LogP contribution in [0.1, 0.15) is 10.4 Å². The van der Waals surface area contributed by atoms with Crippen LogP contribution >= 0.6 is 27.5 Å². The molecule has 0 radical (unpaired) electrons. The molecule has 1 N–H and O–H groups in total. The van der Waals surface area contributed by atoms with Gasteiger partial charge in [0, 0.05) is 10.0 Å². The number of hydrogen-bond donors (Lipinski definition) is 1. The highest BCUT2D eigenvalue weighted by Gasteiger charge is 2.40. The Morgan fingerprint density at radius 3 is 2.56 bits per heavy atom. The third-order valence-electron chi connectivity index (χ3n) is 1.99. The lowest BCUT2D eigenvalue weighted by Gasteiger charge is -2.15. The van der Waals surface area contributed by atoms with Gasteiger partial charge in [-0.3, -0.25) is 4.79 Å². The van der Waals surface area contributed by atoms with Crippen LogP contribution in [-0.2, 0) is 0 Å². The van der Waals surface area contributed by atoms with Crippen LogP contribution in [-0.4, -0.2) is 24.8 Å². The first-order chi connectivity index (χ1) is 8.24. The van der Waals surface area contributed by atoms with Gasteiger partial charge in [0.1, 0.15) is 0 Å². The summed E-state index contributed by atoms with van der Waals surface area (Å²) >= 11 is 8.73. The van der Waals surface area contributed by atoms with Gasteiger partial charge >= 0.3 is 12.3 Å². The summed E-state index contributed by atoms with van der Waals surface area (Å²) < 4.78 is 49.3. The highest BCUT2D eigenvalue weighted by molar-refractivity contribution is 9.10. The first-order valence-electron chi connectivity index (χ1n) is 4.63. The summed E-state index contributed by atoms with van der Waals surface area (Å²) in [5.74, 6) is -5.13. The quantitative estimate of drug-likeness (QED) is 0.825. The molecule has 1 amide bonds. The molecule has 0 fully saturated rings. The van der Waals surface area contributed by atoms with Gasteiger partial charge in [-0.05, 0) is 34.1 Å². The lowest BCUT2D eigenvalue weighted by atomic mass is 10.2. The summed E-state index contributed by atoms with van der Waals surface area (Å²) in [4.78, 5) is 11.4. The maximum atomic E-state index is 12.6. The van der Waals surface area contributed by atoms with Crippen molar-refractivity contribution in [3.05, 3.63) is 33.3 Å². The Labute approximate surface area is 113 Å². The Kier molecular flexibility index (Phi) is 4.98. The molecule has 0 saturated carbocycles. The standard InChI is InChI=1S/C10H7BrClF4NO/c11-6-3-5(1-2-7(6)12)8(18)17-4-10(15,16)9(13)14/h1-3,9H,4H2,(H,17,18). The Hall–Kier alpha value is -0.820. The summed E-state index contributed by atoms with van der Waals surface area (Å²) in [6.45, 7) is -1.43. The van der Waals surface area contributed by atoms with Crippen LogP contribution in [0.5, 0.6) is 0 Å². The largest absolute Gasteiger partial charge is 0.346 e. The van der Waals surface area contributed by atoms with Gasteiger partial charge in [0.2, 0.25) is 0 Å². The van der Waals surface area contributed by atoms with E-state index in [-0.39, 0.29) is 5.56 Å². The molecule has 0 spiro atoms. The average Bonchev–Trinajstić information content (AvgIpc) is 2.29. The van der Waals surface area contributed by atoms with Gasteiger partial charge in [-0.1, -0.05) is 11.6 Å². The molecule has 0 saturated heterocycles. The third kappa shape index (κ3) is 3.84. The molecule has 1 aromatic rings. The van der Waals surface area contributed by atoms with E-state index in [0.717, 1.165) is 0 Å². The summed E-state index contributed by atoms with van der Waals surface area (Å²) in [5, 5.41) is 2.07. The molecule has 0 unspecified atom stereocenters. The van der Waals surface area contributed by atoms with Crippen molar-refractivity contribution < 1.29 is 22.4 Å². The molecule has 0 aliphatic heterocycles. The van der Waals surface area contributed by atoms with Gasteiger partial charge in [-0.2, -0.15) is 8.78 Å². The molecule has 0 aromatic heterocycles. The van der Waals surface area contributed by atoms with Crippen LogP contribution in [0.4, 0.5) is 17.6 Å². The van der Waals surface area contributed by atoms with E-state index in [1.54, 1.807) is 5.32 Å². The molecule has 0 aliphatic carbocycles. The maximum absolute atomic E-state index is 12.6. The number of alkyl halides is 4. The normalized spacial score (nSPS) is 11.7. The van der Waals surface area contributed by atoms with Crippen LogP contribution in [0.25, 0.3) is 0 Å². The Morgan fingerprint density at radius 2 is 2.06 bits per heavy atom. The summed E-state index contributed by atoms with van der Waals surface area (Å²) in [6, 6.07) is 3.98. The minimum Gasteiger partial charge on any atom is -0.346 e. The number of hydrogen-bond acceptors (Lipinski definition) is 1.